The van der Waals surface area contributed by atoms with E-state index in [0.29, 0.717) is 0 Å². The van der Waals surface area contributed by atoms with Crippen LogP contribution < -0.4 is 10.5 Å². The third kappa shape index (κ3) is 1.82. The van der Waals surface area contributed by atoms with E-state index in [9.17, 15) is 0 Å². The van der Waals surface area contributed by atoms with Crippen molar-refractivity contribution in [3.63, 3.8) is 0 Å². The number of hydrogen-bond donors (Lipinski definition) is 1. The van der Waals surface area contributed by atoms with E-state index in [4.69, 9.17) is 10.5 Å². The predicted octanol–water partition coefficient (Wildman–Crippen LogP) is 3.06. The molecule has 0 saturated heterocycles. The molecule has 1 aromatic carbocycles. The second kappa shape index (κ2) is 3.49. The Hall–Kier alpha value is -1.02. The second-order valence-electron chi connectivity index (χ2n) is 5.72. The Labute approximate surface area is 97.8 Å². The largest absolute Gasteiger partial charge is 0.491 e. The summed E-state index contributed by atoms with van der Waals surface area (Å²) in [7, 11) is 0. The van der Waals surface area contributed by atoms with Crippen LogP contribution in [0.4, 0.5) is 0 Å². The lowest BCUT2D eigenvalue weighted by Gasteiger charge is -2.16. The van der Waals surface area contributed by atoms with Crippen molar-refractivity contribution in [3.8, 4) is 5.75 Å². The van der Waals surface area contributed by atoms with Crippen LogP contribution in [0.15, 0.2) is 24.3 Å². The fraction of sp³-hybridized carbons (Fsp3) is 0.571. The average Bonchev–Trinajstić information content (AvgIpc) is 2.67. The monoisotopic (exact) mass is 219 g/mol. The number of benzene rings is 1. The van der Waals surface area contributed by atoms with Gasteiger partial charge in [-0.1, -0.05) is 26.0 Å². The van der Waals surface area contributed by atoms with E-state index < -0.39 is 0 Å². The molecule has 88 valence electrons. The van der Waals surface area contributed by atoms with Crippen molar-refractivity contribution in [2.75, 3.05) is 0 Å². The zero-order valence-corrected chi connectivity index (χ0v) is 10.6. The van der Waals surface area contributed by atoms with Gasteiger partial charge in [-0.15, -0.1) is 0 Å². The summed E-state index contributed by atoms with van der Waals surface area (Å²) in [4.78, 5) is 0. The quantitative estimate of drug-likeness (QED) is 0.848. The fourth-order valence-corrected chi connectivity index (χ4v) is 2.25. The maximum absolute atomic E-state index is 6.36. The van der Waals surface area contributed by atoms with Gasteiger partial charge in [-0.3, -0.25) is 0 Å². The number of rotatable bonds is 3. The van der Waals surface area contributed by atoms with E-state index in [1.165, 1.54) is 5.56 Å². The molecule has 0 aliphatic heterocycles. The summed E-state index contributed by atoms with van der Waals surface area (Å²) in [6, 6.07) is 8.20. The third-order valence-electron chi connectivity index (χ3n) is 3.54. The molecule has 2 N–H and O–H groups in total. The summed E-state index contributed by atoms with van der Waals surface area (Å²) >= 11 is 0. The van der Waals surface area contributed by atoms with Crippen molar-refractivity contribution in [1.82, 2.24) is 0 Å². The van der Waals surface area contributed by atoms with Crippen LogP contribution in [-0.2, 0) is 5.54 Å². The highest BCUT2D eigenvalue weighted by atomic mass is 16.5. The van der Waals surface area contributed by atoms with Crippen LogP contribution in [0.1, 0.15) is 39.7 Å². The number of ether oxygens (including phenoxy) is 1. The van der Waals surface area contributed by atoms with Gasteiger partial charge in [0.1, 0.15) is 5.75 Å². The molecular weight excluding hydrogens is 198 g/mol. The second-order valence-corrected chi connectivity index (χ2v) is 5.72. The molecule has 2 rings (SSSR count). The van der Waals surface area contributed by atoms with Crippen LogP contribution in [0.25, 0.3) is 0 Å². The van der Waals surface area contributed by atoms with E-state index >= 15 is 0 Å². The smallest absolute Gasteiger partial charge is 0.119 e. The Morgan fingerprint density at radius 3 is 2.06 bits per heavy atom. The van der Waals surface area contributed by atoms with Crippen LogP contribution in [0.3, 0.4) is 0 Å². The maximum Gasteiger partial charge on any atom is 0.119 e. The lowest BCUT2D eigenvalue weighted by molar-refractivity contribution is 0.242. The van der Waals surface area contributed by atoms with E-state index in [-0.39, 0.29) is 17.1 Å². The van der Waals surface area contributed by atoms with E-state index in [0.717, 1.165) is 12.2 Å². The van der Waals surface area contributed by atoms with Gasteiger partial charge in [0.2, 0.25) is 0 Å². The standard InChI is InChI=1S/C14H21NO/c1-10(2)16-12-7-5-11(6-8-12)14(15)9-13(14,3)4/h5-8,10H,9,15H2,1-4H3. The molecule has 2 nitrogen and oxygen atoms in total. The summed E-state index contributed by atoms with van der Waals surface area (Å²) < 4.78 is 5.61. The Bertz CT molecular complexity index is 380. The van der Waals surface area contributed by atoms with E-state index in [2.05, 4.69) is 26.0 Å². The van der Waals surface area contributed by atoms with Gasteiger partial charge in [-0.2, -0.15) is 0 Å². The molecule has 2 heteroatoms. The van der Waals surface area contributed by atoms with Crippen LogP contribution in [0.5, 0.6) is 5.75 Å². The minimum Gasteiger partial charge on any atom is -0.491 e. The van der Waals surface area contributed by atoms with Crippen molar-refractivity contribution < 1.29 is 4.74 Å². The van der Waals surface area contributed by atoms with Crippen LogP contribution in [-0.4, -0.2) is 6.10 Å². The van der Waals surface area contributed by atoms with E-state index in [1.54, 1.807) is 0 Å². The molecule has 1 unspecified atom stereocenters. The highest BCUT2D eigenvalue weighted by Crippen LogP contribution is 2.60. The molecule has 0 heterocycles. The molecule has 1 saturated carbocycles. The van der Waals surface area contributed by atoms with Gasteiger partial charge in [0.05, 0.1) is 6.10 Å². The van der Waals surface area contributed by atoms with Gasteiger partial charge in [-0.25, -0.2) is 0 Å². The van der Waals surface area contributed by atoms with Gasteiger partial charge < -0.3 is 10.5 Å². The number of hydrogen-bond acceptors (Lipinski definition) is 2. The summed E-state index contributed by atoms with van der Waals surface area (Å²) in [5.74, 6) is 0.917. The maximum atomic E-state index is 6.36. The molecule has 0 bridgehead atoms. The first-order valence-corrected chi connectivity index (χ1v) is 5.91. The normalized spacial score (nSPS) is 26.9. The molecule has 1 atom stereocenters. The first-order chi connectivity index (χ1) is 7.35. The Morgan fingerprint density at radius 2 is 1.69 bits per heavy atom. The minimum absolute atomic E-state index is 0.136. The molecular formula is C14H21NO. The summed E-state index contributed by atoms with van der Waals surface area (Å²) in [6.07, 6.45) is 1.28. The summed E-state index contributed by atoms with van der Waals surface area (Å²) in [6.45, 7) is 8.49. The van der Waals surface area contributed by atoms with Crippen molar-refractivity contribution in [1.29, 1.82) is 0 Å². The molecule has 1 aliphatic carbocycles. The van der Waals surface area contributed by atoms with Gasteiger partial charge in [0.15, 0.2) is 0 Å². The molecule has 0 aromatic heterocycles. The van der Waals surface area contributed by atoms with Crippen molar-refractivity contribution >= 4 is 0 Å². The molecule has 1 aromatic rings. The van der Waals surface area contributed by atoms with E-state index in [1.807, 2.05) is 26.0 Å². The highest BCUT2D eigenvalue weighted by molar-refractivity contribution is 5.38. The minimum atomic E-state index is -0.136. The number of nitrogens with two attached hydrogens (primary N) is 1. The van der Waals surface area contributed by atoms with Crippen molar-refractivity contribution in [2.45, 2.75) is 45.8 Å². The Morgan fingerprint density at radius 1 is 1.19 bits per heavy atom. The molecule has 1 aliphatic rings. The SMILES string of the molecule is CC(C)Oc1ccc(C2(N)CC2(C)C)cc1. The lowest BCUT2D eigenvalue weighted by atomic mass is 9.97. The fourth-order valence-electron chi connectivity index (χ4n) is 2.25. The van der Waals surface area contributed by atoms with Gasteiger partial charge in [0, 0.05) is 5.54 Å². The first kappa shape index (κ1) is 11.5. The lowest BCUT2D eigenvalue weighted by Crippen LogP contribution is -2.25. The Kier molecular flexibility index (Phi) is 2.50. The highest BCUT2D eigenvalue weighted by Gasteiger charge is 2.59. The summed E-state index contributed by atoms with van der Waals surface area (Å²) in [5, 5.41) is 0. The molecule has 0 amide bonds. The third-order valence-corrected chi connectivity index (χ3v) is 3.54. The van der Waals surface area contributed by atoms with Crippen molar-refractivity contribution in [3.05, 3.63) is 29.8 Å². The van der Waals surface area contributed by atoms with Crippen LogP contribution in [0, 0.1) is 5.41 Å². The van der Waals surface area contributed by atoms with Gasteiger partial charge in [-0.05, 0) is 43.4 Å². The molecule has 16 heavy (non-hydrogen) atoms. The van der Waals surface area contributed by atoms with Crippen LogP contribution in [0.2, 0.25) is 0 Å². The summed E-state index contributed by atoms with van der Waals surface area (Å²) in [5.41, 5.74) is 7.67. The topological polar surface area (TPSA) is 35.2 Å². The average molecular weight is 219 g/mol. The van der Waals surface area contributed by atoms with Gasteiger partial charge in [0.25, 0.3) is 0 Å². The van der Waals surface area contributed by atoms with Crippen LogP contribution >= 0.6 is 0 Å². The molecule has 0 radical (unpaired) electrons. The Balaban J connectivity index is 2.15. The van der Waals surface area contributed by atoms with Gasteiger partial charge >= 0.3 is 0 Å². The predicted molar refractivity (Wildman–Crippen MR) is 66.5 cm³/mol. The molecule has 1 fully saturated rings. The first-order valence-electron chi connectivity index (χ1n) is 5.91. The molecule has 0 spiro atoms. The zero-order valence-electron chi connectivity index (χ0n) is 10.6. The van der Waals surface area contributed by atoms with Crippen molar-refractivity contribution in [2.24, 2.45) is 11.1 Å². The zero-order chi connectivity index (χ0) is 12.0.